The molecule has 19 heavy (non-hydrogen) atoms. The molecule has 0 aliphatic carbocycles. The first kappa shape index (κ1) is 14.4. The van der Waals surface area contributed by atoms with Crippen molar-refractivity contribution in [1.29, 1.82) is 0 Å². The average Bonchev–Trinajstić information content (AvgIpc) is 2.43. The van der Waals surface area contributed by atoms with Crippen molar-refractivity contribution in [2.24, 2.45) is 5.92 Å². The summed E-state index contributed by atoms with van der Waals surface area (Å²) in [6.45, 7) is 7.56. The second kappa shape index (κ2) is 6.44. The van der Waals surface area contributed by atoms with Crippen LogP contribution in [-0.2, 0) is 0 Å². The Labute approximate surface area is 113 Å². The first-order valence-corrected chi connectivity index (χ1v) is 7.03. The fourth-order valence-corrected chi connectivity index (χ4v) is 2.80. The Kier molecular flexibility index (Phi) is 4.88. The predicted molar refractivity (Wildman–Crippen MR) is 73.0 cm³/mol. The van der Waals surface area contributed by atoms with Crippen LogP contribution in [0.2, 0.25) is 0 Å². The van der Waals surface area contributed by atoms with Crippen molar-refractivity contribution >= 4 is 0 Å². The van der Waals surface area contributed by atoms with Gasteiger partial charge in [-0.25, -0.2) is 8.78 Å². The number of rotatable bonds is 4. The van der Waals surface area contributed by atoms with E-state index in [1.807, 2.05) is 0 Å². The monoisotopic (exact) mass is 268 g/mol. The fourth-order valence-electron chi connectivity index (χ4n) is 2.80. The first-order chi connectivity index (χ1) is 9.15. The molecule has 0 aromatic heterocycles. The minimum atomic E-state index is -0.427. The molecule has 0 radical (unpaired) electrons. The molecule has 1 fully saturated rings. The van der Waals surface area contributed by atoms with Gasteiger partial charge in [-0.15, -0.1) is 0 Å². The normalized spacial score (nSPS) is 20.2. The molecule has 0 spiro atoms. The maximum atomic E-state index is 14.1. The minimum absolute atomic E-state index is 0.173. The zero-order valence-corrected chi connectivity index (χ0v) is 11.6. The molecule has 0 amide bonds. The van der Waals surface area contributed by atoms with Crippen LogP contribution in [0.3, 0.4) is 0 Å². The van der Waals surface area contributed by atoms with E-state index < -0.39 is 11.6 Å². The van der Waals surface area contributed by atoms with Crippen LogP contribution in [0.5, 0.6) is 0 Å². The Balaban J connectivity index is 2.36. The van der Waals surface area contributed by atoms with Gasteiger partial charge in [0, 0.05) is 37.8 Å². The zero-order valence-electron chi connectivity index (χ0n) is 11.6. The van der Waals surface area contributed by atoms with Crippen LogP contribution in [0, 0.1) is 17.6 Å². The molecule has 1 unspecified atom stereocenters. The summed E-state index contributed by atoms with van der Waals surface area (Å²) >= 11 is 0. The summed E-state index contributed by atoms with van der Waals surface area (Å²) in [5, 5.41) is 3.28. The highest BCUT2D eigenvalue weighted by molar-refractivity contribution is 5.24. The lowest BCUT2D eigenvalue weighted by molar-refractivity contribution is 0.122. The number of piperazine rings is 1. The second-order valence-electron chi connectivity index (χ2n) is 5.25. The quantitative estimate of drug-likeness (QED) is 0.903. The van der Waals surface area contributed by atoms with Crippen LogP contribution in [0.25, 0.3) is 0 Å². The van der Waals surface area contributed by atoms with Gasteiger partial charge in [0.2, 0.25) is 0 Å². The third-order valence-electron chi connectivity index (χ3n) is 4.02. The molecule has 2 rings (SSSR count). The van der Waals surface area contributed by atoms with Crippen molar-refractivity contribution in [2.45, 2.75) is 26.3 Å². The highest BCUT2D eigenvalue weighted by atomic mass is 19.1. The van der Waals surface area contributed by atoms with E-state index in [0.717, 1.165) is 32.6 Å². The van der Waals surface area contributed by atoms with Gasteiger partial charge in [-0.05, 0) is 18.1 Å². The third kappa shape index (κ3) is 3.12. The lowest BCUT2D eigenvalue weighted by Gasteiger charge is -2.38. The minimum Gasteiger partial charge on any atom is -0.314 e. The molecule has 0 saturated carbocycles. The highest BCUT2D eigenvalue weighted by Crippen LogP contribution is 2.34. The highest BCUT2D eigenvalue weighted by Gasteiger charge is 2.30. The molecule has 1 saturated heterocycles. The number of halogens is 2. The first-order valence-electron chi connectivity index (χ1n) is 7.03. The summed E-state index contributed by atoms with van der Waals surface area (Å²) in [6.07, 6.45) is 0.905. The largest absolute Gasteiger partial charge is 0.314 e. The molecule has 1 aromatic rings. The van der Waals surface area contributed by atoms with E-state index in [4.69, 9.17) is 0 Å². The molecule has 1 N–H and O–H groups in total. The van der Waals surface area contributed by atoms with Gasteiger partial charge in [-0.2, -0.15) is 0 Å². The Bertz CT molecular complexity index is 396. The molecule has 1 aromatic carbocycles. The van der Waals surface area contributed by atoms with E-state index in [2.05, 4.69) is 24.1 Å². The number of hydrogen-bond donors (Lipinski definition) is 1. The lowest BCUT2D eigenvalue weighted by Crippen LogP contribution is -2.47. The van der Waals surface area contributed by atoms with Crippen LogP contribution < -0.4 is 5.32 Å². The Morgan fingerprint density at radius 2 is 1.79 bits per heavy atom. The lowest BCUT2D eigenvalue weighted by atomic mass is 9.90. The van der Waals surface area contributed by atoms with Gasteiger partial charge >= 0.3 is 0 Å². The van der Waals surface area contributed by atoms with E-state index in [1.54, 1.807) is 0 Å². The molecule has 0 bridgehead atoms. The summed E-state index contributed by atoms with van der Waals surface area (Å²) in [5.41, 5.74) is 0.235. The van der Waals surface area contributed by atoms with E-state index in [0.29, 0.717) is 0 Å². The molecule has 1 aliphatic heterocycles. The van der Waals surface area contributed by atoms with Gasteiger partial charge in [-0.1, -0.05) is 26.3 Å². The van der Waals surface area contributed by atoms with Crippen molar-refractivity contribution in [1.82, 2.24) is 10.2 Å². The molecule has 4 heteroatoms. The van der Waals surface area contributed by atoms with Gasteiger partial charge in [-0.3, -0.25) is 4.90 Å². The number of nitrogens with zero attached hydrogens (tertiary/aromatic N) is 1. The summed E-state index contributed by atoms with van der Waals surface area (Å²) in [7, 11) is 0. The zero-order chi connectivity index (χ0) is 13.8. The number of benzene rings is 1. The standard InChI is InChI=1S/C15H22F2N2/c1-3-11(2)15(19-9-7-18-8-10-19)14-12(16)5-4-6-13(14)17/h4-6,11,15,18H,3,7-10H2,1-2H3/t11?,15-/m1/s1. The van der Waals surface area contributed by atoms with Crippen molar-refractivity contribution in [3.05, 3.63) is 35.4 Å². The van der Waals surface area contributed by atoms with Crippen LogP contribution in [-0.4, -0.2) is 31.1 Å². The van der Waals surface area contributed by atoms with Crippen molar-refractivity contribution in [3.63, 3.8) is 0 Å². The maximum absolute atomic E-state index is 14.1. The summed E-state index contributed by atoms with van der Waals surface area (Å²) < 4.78 is 28.1. The Morgan fingerprint density at radius 3 is 2.32 bits per heavy atom. The van der Waals surface area contributed by atoms with Crippen LogP contribution in [0.4, 0.5) is 8.78 Å². The molecule has 1 heterocycles. The van der Waals surface area contributed by atoms with Crippen LogP contribution >= 0.6 is 0 Å². The smallest absolute Gasteiger partial charge is 0.130 e. The van der Waals surface area contributed by atoms with Gasteiger partial charge in [0.1, 0.15) is 11.6 Å². The molecular weight excluding hydrogens is 246 g/mol. The van der Waals surface area contributed by atoms with Gasteiger partial charge in [0.05, 0.1) is 0 Å². The van der Waals surface area contributed by atoms with Crippen LogP contribution in [0.15, 0.2) is 18.2 Å². The van der Waals surface area contributed by atoms with Crippen molar-refractivity contribution < 1.29 is 8.78 Å². The molecule has 1 aliphatic rings. The second-order valence-corrected chi connectivity index (χ2v) is 5.25. The summed E-state index contributed by atoms with van der Waals surface area (Å²) in [4.78, 5) is 2.20. The van der Waals surface area contributed by atoms with E-state index >= 15 is 0 Å². The van der Waals surface area contributed by atoms with Gasteiger partial charge in [0.25, 0.3) is 0 Å². The molecular formula is C15H22F2N2. The fraction of sp³-hybridized carbons (Fsp3) is 0.600. The van der Waals surface area contributed by atoms with Gasteiger partial charge < -0.3 is 5.32 Å². The van der Waals surface area contributed by atoms with E-state index in [9.17, 15) is 8.78 Å². The molecule has 106 valence electrons. The molecule has 2 nitrogen and oxygen atoms in total. The van der Waals surface area contributed by atoms with E-state index in [-0.39, 0.29) is 17.5 Å². The topological polar surface area (TPSA) is 15.3 Å². The predicted octanol–water partition coefficient (Wildman–Crippen LogP) is 2.96. The number of hydrogen-bond acceptors (Lipinski definition) is 2. The SMILES string of the molecule is CCC(C)[C@H](c1c(F)cccc1F)N1CCNCC1. The van der Waals surface area contributed by atoms with Gasteiger partial charge in [0.15, 0.2) is 0 Å². The third-order valence-corrected chi connectivity index (χ3v) is 4.02. The average molecular weight is 268 g/mol. The van der Waals surface area contributed by atoms with E-state index in [1.165, 1.54) is 18.2 Å². The Hall–Kier alpha value is -1.00. The van der Waals surface area contributed by atoms with Crippen LogP contribution in [0.1, 0.15) is 31.9 Å². The number of nitrogens with one attached hydrogen (secondary N) is 1. The summed E-state index contributed by atoms with van der Waals surface area (Å²) in [6, 6.07) is 3.97. The maximum Gasteiger partial charge on any atom is 0.130 e. The summed E-state index contributed by atoms with van der Waals surface area (Å²) in [5.74, 6) is -0.628. The van der Waals surface area contributed by atoms with Crippen molar-refractivity contribution in [2.75, 3.05) is 26.2 Å². The Morgan fingerprint density at radius 1 is 1.21 bits per heavy atom. The van der Waals surface area contributed by atoms with Crippen molar-refractivity contribution in [3.8, 4) is 0 Å². The molecule has 2 atom stereocenters.